The van der Waals surface area contributed by atoms with Crippen LogP contribution >= 0.6 is 11.6 Å². The SMILES string of the molecule is NCCCNc1cnc(=O)[nH]c1-c1ccccc1Cl. The van der Waals surface area contributed by atoms with Gasteiger partial charge in [-0.3, -0.25) is 0 Å². The molecule has 1 aromatic heterocycles. The summed E-state index contributed by atoms with van der Waals surface area (Å²) in [6, 6.07) is 7.33. The minimum Gasteiger partial charge on any atom is -0.382 e. The molecule has 2 aromatic rings. The maximum Gasteiger partial charge on any atom is 0.345 e. The van der Waals surface area contributed by atoms with E-state index in [1.807, 2.05) is 18.2 Å². The number of anilines is 1. The van der Waals surface area contributed by atoms with E-state index in [9.17, 15) is 4.79 Å². The first-order valence-corrected chi connectivity index (χ1v) is 6.38. The van der Waals surface area contributed by atoms with E-state index in [0.29, 0.717) is 23.8 Å². The van der Waals surface area contributed by atoms with Gasteiger partial charge in [-0.15, -0.1) is 0 Å². The zero-order chi connectivity index (χ0) is 13.7. The third kappa shape index (κ3) is 3.33. The molecule has 4 N–H and O–H groups in total. The number of nitrogens with one attached hydrogen (secondary N) is 2. The summed E-state index contributed by atoms with van der Waals surface area (Å²) >= 11 is 6.15. The van der Waals surface area contributed by atoms with E-state index in [4.69, 9.17) is 17.3 Å². The molecule has 100 valence electrons. The van der Waals surface area contributed by atoms with Gasteiger partial charge in [-0.1, -0.05) is 29.8 Å². The third-order valence-corrected chi connectivity index (χ3v) is 2.98. The van der Waals surface area contributed by atoms with Crippen molar-refractivity contribution in [1.29, 1.82) is 0 Å². The maximum atomic E-state index is 11.4. The highest BCUT2D eigenvalue weighted by Crippen LogP contribution is 2.30. The van der Waals surface area contributed by atoms with Gasteiger partial charge in [-0.2, -0.15) is 4.98 Å². The van der Waals surface area contributed by atoms with E-state index < -0.39 is 5.69 Å². The molecule has 0 aliphatic rings. The molecule has 0 radical (unpaired) electrons. The number of benzene rings is 1. The number of aromatic nitrogens is 2. The molecular weight excluding hydrogens is 264 g/mol. The van der Waals surface area contributed by atoms with E-state index in [0.717, 1.165) is 17.7 Å². The second kappa shape index (κ2) is 6.36. The van der Waals surface area contributed by atoms with Crippen LogP contribution in [0.25, 0.3) is 11.3 Å². The molecule has 2 rings (SSSR count). The average Bonchev–Trinajstić information content (AvgIpc) is 2.41. The van der Waals surface area contributed by atoms with Crippen molar-refractivity contribution in [3.8, 4) is 11.3 Å². The zero-order valence-corrected chi connectivity index (χ0v) is 11.1. The first-order valence-electron chi connectivity index (χ1n) is 6.00. The first-order chi connectivity index (χ1) is 9.22. The molecule has 0 atom stereocenters. The summed E-state index contributed by atoms with van der Waals surface area (Å²) < 4.78 is 0. The second-order valence-corrected chi connectivity index (χ2v) is 4.43. The molecule has 0 saturated heterocycles. The van der Waals surface area contributed by atoms with Gasteiger partial charge in [-0.05, 0) is 19.0 Å². The number of rotatable bonds is 5. The molecule has 1 heterocycles. The van der Waals surface area contributed by atoms with Gasteiger partial charge >= 0.3 is 5.69 Å². The van der Waals surface area contributed by atoms with Crippen LogP contribution in [0.2, 0.25) is 5.02 Å². The molecule has 5 nitrogen and oxygen atoms in total. The van der Waals surface area contributed by atoms with Gasteiger partial charge in [0.2, 0.25) is 0 Å². The molecule has 19 heavy (non-hydrogen) atoms. The lowest BCUT2D eigenvalue weighted by atomic mass is 10.1. The molecule has 0 aliphatic carbocycles. The number of nitrogens with zero attached hydrogens (tertiary/aromatic N) is 1. The Bertz CT molecular complexity index is 612. The fourth-order valence-electron chi connectivity index (χ4n) is 1.73. The van der Waals surface area contributed by atoms with E-state index in [2.05, 4.69) is 15.3 Å². The summed E-state index contributed by atoms with van der Waals surface area (Å²) in [6.07, 6.45) is 2.34. The van der Waals surface area contributed by atoms with Gasteiger partial charge < -0.3 is 16.0 Å². The summed E-state index contributed by atoms with van der Waals surface area (Å²) in [5.41, 5.74) is 7.19. The second-order valence-electron chi connectivity index (χ2n) is 4.03. The van der Waals surface area contributed by atoms with Crippen LogP contribution in [0.4, 0.5) is 5.69 Å². The van der Waals surface area contributed by atoms with Crippen LogP contribution in [-0.4, -0.2) is 23.1 Å². The third-order valence-electron chi connectivity index (χ3n) is 2.65. The number of halogens is 1. The molecular formula is C13H15ClN4O. The van der Waals surface area contributed by atoms with Crippen molar-refractivity contribution in [3.63, 3.8) is 0 Å². The van der Waals surface area contributed by atoms with Crippen LogP contribution in [0, 0.1) is 0 Å². The van der Waals surface area contributed by atoms with Crippen LogP contribution in [0.15, 0.2) is 35.3 Å². The smallest absolute Gasteiger partial charge is 0.345 e. The summed E-state index contributed by atoms with van der Waals surface area (Å²) in [5, 5.41) is 3.77. The molecule has 0 amide bonds. The van der Waals surface area contributed by atoms with Gasteiger partial charge in [-0.25, -0.2) is 4.79 Å². The average molecular weight is 279 g/mol. The minimum absolute atomic E-state index is 0.403. The number of hydrogen-bond acceptors (Lipinski definition) is 4. The fourth-order valence-corrected chi connectivity index (χ4v) is 1.96. The molecule has 1 aromatic carbocycles. The van der Waals surface area contributed by atoms with E-state index in [-0.39, 0.29) is 0 Å². The zero-order valence-electron chi connectivity index (χ0n) is 10.3. The van der Waals surface area contributed by atoms with Crippen molar-refractivity contribution in [1.82, 2.24) is 9.97 Å². The molecule has 0 fully saturated rings. The quantitative estimate of drug-likeness (QED) is 0.729. The van der Waals surface area contributed by atoms with Crippen molar-refractivity contribution in [3.05, 3.63) is 46.0 Å². The normalized spacial score (nSPS) is 10.4. The Balaban J connectivity index is 2.40. The highest BCUT2D eigenvalue weighted by Gasteiger charge is 2.09. The lowest BCUT2D eigenvalue weighted by Gasteiger charge is -2.11. The predicted molar refractivity (Wildman–Crippen MR) is 77.5 cm³/mol. The largest absolute Gasteiger partial charge is 0.382 e. The molecule has 0 bridgehead atoms. The number of nitrogens with two attached hydrogens (primary N) is 1. The van der Waals surface area contributed by atoms with E-state index in [1.54, 1.807) is 6.07 Å². The van der Waals surface area contributed by atoms with Crippen LogP contribution in [0.5, 0.6) is 0 Å². The molecule has 6 heteroatoms. The highest BCUT2D eigenvalue weighted by atomic mass is 35.5. The topological polar surface area (TPSA) is 83.8 Å². The Morgan fingerprint density at radius 1 is 1.37 bits per heavy atom. The van der Waals surface area contributed by atoms with Gasteiger partial charge in [0, 0.05) is 17.1 Å². The van der Waals surface area contributed by atoms with Crippen molar-refractivity contribution in [2.45, 2.75) is 6.42 Å². The Morgan fingerprint density at radius 2 is 2.16 bits per heavy atom. The summed E-state index contributed by atoms with van der Waals surface area (Å²) in [6.45, 7) is 1.31. The summed E-state index contributed by atoms with van der Waals surface area (Å²) in [5.74, 6) is 0. The Kier molecular flexibility index (Phi) is 4.54. The Labute approximate surface area is 115 Å². The predicted octanol–water partition coefficient (Wildman–Crippen LogP) is 1.85. The van der Waals surface area contributed by atoms with Crippen LogP contribution in [-0.2, 0) is 0 Å². The van der Waals surface area contributed by atoms with E-state index in [1.165, 1.54) is 6.20 Å². The molecule has 0 spiro atoms. The summed E-state index contributed by atoms with van der Waals surface area (Å²) in [4.78, 5) is 17.8. The van der Waals surface area contributed by atoms with Crippen LogP contribution in [0.1, 0.15) is 6.42 Å². The molecule has 0 unspecified atom stereocenters. The maximum absolute atomic E-state index is 11.4. The van der Waals surface area contributed by atoms with Crippen molar-refractivity contribution in [2.24, 2.45) is 5.73 Å². The fraction of sp³-hybridized carbons (Fsp3) is 0.231. The lowest BCUT2D eigenvalue weighted by Crippen LogP contribution is -2.15. The summed E-state index contributed by atoms with van der Waals surface area (Å²) in [7, 11) is 0. The number of hydrogen-bond donors (Lipinski definition) is 3. The Hall–Kier alpha value is -1.85. The van der Waals surface area contributed by atoms with Crippen molar-refractivity contribution < 1.29 is 0 Å². The van der Waals surface area contributed by atoms with Crippen LogP contribution in [0.3, 0.4) is 0 Å². The number of H-pyrrole nitrogens is 1. The van der Waals surface area contributed by atoms with Crippen molar-refractivity contribution in [2.75, 3.05) is 18.4 Å². The van der Waals surface area contributed by atoms with Gasteiger partial charge in [0.25, 0.3) is 0 Å². The van der Waals surface area contributed by atoms with Gasteiger partial charge in [0.15, 0.2) is 0 Å². The molecule has 0 saturated carbocycles. The van der Waals surface area contributed by atoms with Crippen molar-refractivity contribution >= 4 is 17.3 Å². The van der Waals surface area contributed by atoms with Gasteiger partial charge in [0.05, 0.1) is 17.6 Å². The Morgan fingerprint density at radius 3 is 2.89 bits per heavy atom. The van der Waals surface area contributed by atoms with Gasteiger partial charge in [0.1, 0.15) is 0 Å². The standard InChI is InChI=1S/C13H15ClN4O/c14-10-5-2-1-4-9(10)12-11(16-7-3-6-15)8-17-13(19)18-12/h1-2,4-5,8,16H,3,6-7,15H2,(H,17,18,19). The first kappa shape index (κ1) is 13.6. The molecule has 0 aliphatic heterocycles. The van der Waals surface area contributed by atoms with Crippen LogP contribution < -0.4 is 16.7 Å². The lowest BCUT2D eigenvalue weighted by molar-refractivity contribution is 0.872. The number of aromatic amines is 1. The van der Waals surface area contributed by atoms with E-state index >= 15 is 0 Å². The minimum atomic E-state index is -0.403. The monoisotopic (exact) mass is 278 g/mol. The highest BCUT2D eigenvalue weighted by molar-refractivity contribution is 6.33.